The summed E-state index contributed by atoms with van der Waals surface area (Å²) in [6.45, 7) is 6.39. The third kappa shape index (κ3) is 5.30. The Morgan fingerprint density at radius 2 is 2.00 bits per heavy atom. The SMILES string of the molecule is CCOC(=O)c1c(NC(=O)C[NH+](C)Cc2ccc(OC)c(F)c2)sc(C)c1C. The number of halogens is 1. The van der Waals surface area contributed by atoms with Gasteiger partial charge in [0.2, 0.25) is 0 Å². The molecule has 2 aromatic rings. The summed E-state index contributed by atoms with van der Waals surface area (Å²) in [5, 5.41) is 3.32. The molecular formula is C20H26FN2O4S+. The van der Waals surface area contributed by atoms with Gasteiger partial charge in [-0.15, -0.1) is 11.3 Å². The van der Waals surface area contributed by atoms with Crippen molar-refractivity contribution in [3.05, 3.63) is 45.6 Å². The van der Waals surface area contributed by atoms with Gasteiger partial charge >= 0.3 is 5.97 Å². The summed E-state index contributed by atoms with van der Waals surface area (Å²) in [6, 6.07) is 4.75. The third-order valence-electron chi connectivity index (χ3n) is 4.30. The largest absolute Gasteiger partial charge is 0.494 e. The van der Waals surface area contributed by atoms with Crippen molar-refractivity contribution in [2.75, 3.05) is 32.6 Å². The molecule has 0 aliphatic heterocycles. The molecule has 0 saturated heterocycles. The maximum Gasteiger partial charge on any atom is 0.341 e. The lowest BCUT2D eigenvalue weighted by Crippen LogP contribution is -3.08. The molecule has 8 heteroatoms. The highest BCUT2D eigenvalue weighted by atomic mass is 32.1. The van der Waals surface area contributed by atoms with Crippen LogP contribution < -0.4 is 15.0 Å². The fourth-order valence-corrected chi connectivity index (χ4v) is 3.90. The molecule has 1 atom stereocenters. The number of carbonyl (C=O) groups is 2. The number of anilines is 1. The number of rotatable bonds is 8. The molecule has 0 saturated carbocycles. The highest BCUT2D eigenvalue weighted by Gasteiger charge is 2.23. The van der Waals surface area contributed by atoms with E-state index in [1.807, 2.05) is 20.9 Å². The van der Waals surface area contributed by atoms with Crippen LogP contribution in [0.4, 0.5) is 9.39 Å². The van der Waals surface area contributed by atoms with Crippen molar-refractivity contribution in [1.29, 1.82) is 0 Å². The first-order chi connectivity index (χ1) is 13.3. The molecule has 1 unspecified atom stereocenters. The average Bonchev–Trinajstić information content (AvgIpc) is 2.88. The van der Waals surface area contributed by atoms with E-state index in [9.17, 15) is 14.0 Å². The minimum atomic E-state index is -0.436. The maximum atomic E-state index is 13.8. The van der Waals surface area contributed by atoms with Crippen molar-refractivity contribution in [2.24, 2.45) is 0 Å². The number of thiophene rings is 1. The molecule has 0 fully saturated rings. The molecule has 152 valence electrons. The summed E-state index contributed by atoms with van der Waals surface area (Å²) in [7, 11) is 3.26. The molecule has 1 amide bonds. The monoisotopic (exact) mass is 409 g/mol. The predicted octanol–water partition coefficient (Wildman–Crippen LogP) is 2.34. The van der Waals surface area contributed by atoms with Crippen LogP contribution in [-0.4, -0.2) is 39.2 Å². The summed E-state index contributed by atoms with van der Waals surface area (Å²) in [6.07, 6.45) is 0. The Labute approximate surface area is 168 Å². The number of benzene rings is 1. The number of nitrogens with one attached hydrogen (secondary N) is 2. The summed E-state index contributed by atoms with van der Waals surface area (Å²) >= 11 is 1.36. The summed E-state index contributed by atoms with van der Waals surface area (Å²) in [4.78, 5) is 26.5. The molecule has 2 rings (SSSR count). The highest BCUT2D eigenvalue weighted by molar-refractivity contribution is 7.16. The normalized spacial score (nSPS) is 11.8. The first-order valence-corrected chi connectivity index (χ1v) is 9.79. The Morgan fingerprint density at radius 3 is 2.61 bits per heavy atom. The van der Waals surface area contributed by atoms with E-state index in [0.717, 1.165) is 20.9 Å². The number of amides is 1. The lowest BCUT2D eigenvalue weighted by molar-refractivity contribution is -0.885. The van der Waals surface area contributed by atoms with Gasteiger partial charge in [0.15, 0.2) is 18.1 Å². The van der Waals surface area contributed by atoms with E-state index >= 15 is 0 Å². The molecule has 28 heavy (non-hydrogen) atoms. The Hall–Kier alpha value is -2.45. The Kier molecular flexibility index (Phi) is 7.53. The molecule has 6 nitrogen and oxygen atoms in total. The second-order valence-electron chi connectivity index (χ2n) is 6.54. The van der Waals surface area contributed by atoms with Gasteiger partial charge in [-0.1, -0.05) is 0 Å². The van der Waals surface area contributed by atoms with Crippen molar-refractivity contribution < 1.29 is 28.4 Å². The molecule has 0 radical (unpaired) electrons. The third-order valence-corrected chi connectivity index (χ3v) is 5.42. The lowest BCUT2D eigenvalue weighted by Gasteiger charge is -2.14. The minimum Gasteiger partial charge on any atom is -0.494 e. The van der Waals surface area contributed by atoms with Gasteiger partial charge in [0.25, 0.3) is 5.91 Å². The average molecular weight is 410 g/mol. The summed E-state index contributed by atoms with van der Waals surface area (Å²) < 4.78 is 23.8. The maximum absolute atomic E-state index is 13.8. The first kappa shape index (κ1) is 21.8. The number of hydrogen-bond donors (Lipinski definition) is 2. The standard InChI is InChI=1S/C20H25FN2O4S/c1-6-27-20(25)18-12(2)13(3)28-19(18)22-17(24)11-23(4)10-14-7-8-16(26-5)15(21)9-14/h7-9H,6,10-11H2,1-5H3,(H,22,24)/p+1. The molecule has 2 N–H and O–H groups in total. The van der Waals surface area contributed by atoms with Crippen LogP contribution in [-0.2, 0) is 16.1 Å². The highest BCUT2D eigenvalue weighted by Crippen LogP contribution is 2.32. The van der Waals surface area contributed by atoms with Gasteiger partial charge in [0, 0.05) is 10.4 Å². The number of methoxy groups -OCH3 is 1. The first-order valence-electron chi connectivity index (χ1n) is 8.97. The quantitative estimate of drug-likeness (QED) is 0.657. The van der Waals surface area contributed by atoms with E-state index in [0.29, 0.717) is 17.1 Å². The lowest BCUT2D eigenvalue weighted by atomic mass is 10.1. The summed E-state index contributed by atoms with van der Waals surface area (Å²) in [5.74, 6) is -0.901. The molecule has 1 aromatic heterocycles. The number of aryl methyl sites for hydroxylation is 1. The van der Waals surface area contributed by atoms with E-state index in [-0.39, 0.29) is 24.8 Å². The van der Waals surface area contributed by atoms with Crippen LogP contribution >= 0.6 is 11.3 Å². The van der Waals surface area contributed by atoms with Crippen molar-refractivity contribution in [3.8, 4) is 5.75 Å². The van der Waals surface area contributed by atoms with Crippen molar-refractivity contribution in [1.82, 2.24) is 0 Å². The predicted molar refractivity (Wildman–Crippen MR) is 107 cm³/mol. The van der Waals surface area contributed by atoms with Crippen molar-refractivity contribution in [3.63, 3.8) is 0 Å². The van der Waals surface area contributed by atoms with Crippen LogP contribution in [0.1, 0.15) is 33.3 Å². The van der Waals surface area contributed by atoms with E-state index in [1.54, 1.807) is 19.1 Å². The number of ether oxygens (including phenoxy) is 2. The van der Waals surface area contributed by atoms with Crippen LogP contribution in [0, 0.1) is 19.7 Å². The van der Waals surface area contributed by atoms with E-state index in [2.05, 4.69) is 5.32 Å². The molecule has 0 spiro atoms. The zero-order chi connectivity index (χ0) is 20.8. The Morgan fingerprint density at radius 1 is 1.29 bits per heavy atom. The Balaban J connectivity index is 2.03. The number of quaternary nitrogens is 1. The van der Waals surface area contributed by atoms with Crippen LogP contribution in [0.5, 0.6) is 5.75 Å². The zero-order valence-corrected chi connectivity index (χ0v) is 17.6. The Bertz CT molecular complexity index is 866. The van der Waals surface area contributed by atoms with Gasteiger partial charge in [-0.3, -0.25) is 4.79 Å². The molecular weight excluding hydrogens is 383 g/mol. The van der Waals surface area contributed by atoms with Gasteiger partial charge in [-0.2, -0.15) is 0 Å². The number of likely N-dealkylation sites (N-methyl/N-ethyl adjacent to an activating group) is 1. The van der Waals surface area contributed by atoms with E-state index < -0.39 is 11.8 Å². The number of carbonyl (C=O) groups excluding carboxylic acids is 2. The topological polar surface area (TPSA) is 69.1 Å². The van der Waals surface area contributed by atoms with Crippen LogP contribution in [0.15, 0.2) is 18.2 Å². The summed E-state index contributed by atoms with van der Waals surface area (Å²) in [5.41, 5.74) is 1.99. The minimum absolute atomic E-state index is 0.173. The number of hydrogen-bond acceptors (Lipinski definition) is 5. The molecule has 1 aromatic carbocycles. The molecule has 1 heterocycles. The van der Waals surface area contributed by atoms with Crippen LogP contribution in [0.2, 0.25) is 0 Å². The second-order valence-corrected chi connectivity index (χ2v) is 7.76. The smallest absolute Gasteiger partial charge is 0.341 e. The van der Waals surface area contributed by atoms with Gasteiger partial charge in [-0.25, -0.2) is 9.18 Å². The fourth-order valence-electron chi connectivity index (χ4n) is 2.84. The van der Waals surface area contributed by atoms with Gasteiger partial charge in [0.05, 0.1) is 26.3 Å². The van der Waals surface area contributed by atoms with Gasteiger partial charge < -0.3 is 19.7 Å². The van der Waals surface area contributed by atoms with Crippen LogP contribution in [0.3, 0.4) is 0 Å². The van der Waals surface area contributed by atoms with E-state index in [4.69, 9.17) is 9.47 Å². The van der Waals surface area contributed by atoms with Crippen molar-refractivity contribution >= 4 is 28.2 Å². The molecule has 0 aliphatic rings. The van der Waals surface area contributed by atoms with Crippen LogP contribution in [0.25, 0.3) is 0 Å². The number of esters is 1. The van der Waals surface area contributed by atoms with Gasteiger partial charge in [-0.05, 0) is 44.5 Å². The molecule has 0 aliphatic carbocycles. The molecule has 0 bridgehead atoms. The second kappa shape index (κ2) is 9.66. The zero-order valence-electron chi connectivity index (χ0n) is 16.8. The van der Waals surface area contributed by atoms with E-state index in [1.165, 1.54) is 24.5 Å². The fraction of sp³-hybridized carbons (Fsp3) is 0.400. The van der Waals surface area contributed by atoms with Crippen molar-refractivity contribution in [2.45, 2.75) is 27.3 Å². The van der Waals surface area contributed by atoms with Gasteiger partial charge in [0.1, 0.15) is 11.5 Å².